The van der Waals surface area contributed by atoms with Gasteiger partial charge in [-0.25, -0.2) is 4.39 Å². The molecule has 2 N–H and O–H groups in total. The fourth-order valence-electron chi connectivity index (χ4n) is 2.96. The Balaban J connectivity index is 1.72. The van der Waals surface area contributed by atoms with Crippen LogP contribution in [0.1, 0.15) is 29.9 Å². The van der Waals surface area contributed by atoms with E-state index in [4.69, 9.17) is 0 Å². The van der Waals surface area contributed by atoms with Crippen LogP contribution in [0, 0.1) is 5.82 Å². The van der Waals surface area contributed by atoms with Crippen molar-refractivity contribution in [3.63, 3.8) is 0 Å². The smallest absolute Gasteiger partial charge is 0.312 e. The van der Waals surface area contributed by atoms with Crippen molar-refractivity contribution in [1.82, 2.24) is 5.32 Å². The highest BCUT2D eigenvalue weighted by Crippen LogP contribution is 2.48. The Morgan fingerprint density at radius 2 is 1.83 bits per heavy atom. The van der Waals surface area contributed by atoms with Crippen molar-refractivity contribution in [3.8, 4) is 0 Å². The summed E-state index contributed by atoms with van der Waals surface area (Å²) in [4.78, 5) is 24.1. The lowest BCUT2D eigenvalue weighted by atomic mass is 9.94. The Morgan fingerprint density at radius 1 is 1.12 bits per heavy atom. The lowest BCUT2D eigenvalue weighted by Crippen LogP contribution is -2.38. The number of carboxylic acids is 1. The highest BCUT2D eigenvalue weighted by molar-refractivity contribution is 5.91. The molecule has 3 rings (SSSR count). The van der Waals surface area contributed by atoms with Crippen LogP contribution in [0.5, 0.6) is 0 Å². The van der Waals surface area contributed by atoms with Gasteiger partial charge in [0, 0.05) is 6.54 Å². The van der Waals surface area contributed by atoms with Gasteiger partial charge in [-0.2, -0.15) is 0 Å². The van der Waals surface area contributed by atoms with Crippen LogP contribution >= 0.6 is 0 Å². The first-order valence-electron chi connectivity index (χ1n) is 7.85. The van der Waals surface area contributed by atoms with Gasteiger partial charge in [-0.1, -0.05) is 42.5 Å². The molecule has 0 aliphatic heterocycles. The van der Waals surface area contributed by atoms with Crippen LogP contribution in [0.25, 0.3) is 0 Å². The quantitative estimate of drug-likeness (QED) is 0.857. The van der Waals surface area contributed by atoms with Gasteiger partial charge >= 0.3 is 5.97 Å². The van der Waals surface area contributed by atoms with Gasteiger partial charge in [-0.15, -0.1) is 0 Å². The number of nitrogens with one attached hydrogen (secondary N) is 1. The minimum atomic E-state index is -0.989. The van der Waals surface area contributed by atoms with E-state index in [-0.39, 0.29) is 18.3 Å². The third kappa shape index (κ3) is 3.15. The van der Waals surface area contributed by atoms with E-state index < -0.39 is 17.3 Å². The topological polar surface area (TPSA) is 66.4 Å². The predicted octanol–water partition coefficient (Wildman–Crippen LogP) is 2.84. The Bertz CT molecular complexity index is 756. The fourth-order valence-corrected chi connectivity index (χ4v) is 2.96. The van der Waals surface area contributed by atoms with Gasteiger partial charge in [0.2, 0.25) is 5.91 Å². The zero-order valence-corrected chi connectivity index (χ0v) is 13.0. The molecular formula is C19H18FNO3. The van der Waals surface area contributed by atoms with E-state index in [1.165, 1.54) is 12.1 Å². The maximum absolute atomic E-state index is 13.4. The summed E-state index contributed by atoms with van der Waals surface area (Å²) in [5, 5.41) is 12.2. The number of hydrogen-bond donors (Lipinski definition) is 2. The zero-order valence-electron chi connectivity index (χ0n) is 13.0. The van der Waals surface area contributed by atoms with E-state index in [0.717, 1.165) is 0 Å². The number of carbonyl (C=O) groups excluding carboxylic acids is 1. The van der Waals surface area contributed by atoms with Gasteiger partial charge in [0.1, 0.15) is 5.82 Å². The second kappa shape index (κ2) is 6.43. The van der Waals surface area contributed by atoms with Crippen LogP contribution in [0.2, 0.25) is 0 Å². The second-order valence-corrected chi connectivity index (χ2v) is 6.10. The molecule has 2 aromatic rings. The third-order valence-corrected chi connectivity index (χ3v) is 4.53. The molecule has 24 heavy (non-hydrogen) atoms. The first-order chi connectivity index (χ1) is 11.5. The van der Waals surface area contributed by atoms with Crippen LogP contribution in [0.4, 0.5) is 4.39 Å². The van der Waals surface area contributed by atoms with E-state index in [0.29, 0.717) is 24.0 Å². The van der Waals surface area contributed by atoms with Crippen molar-refractivity contribution in [2.75, 3.05) is 6.54 Å². The summed E-state index contributed by atoms with van der Waals surface area (Å²) in [6.07, 6.45) is 1.29. The largest absolute Gasteiger partial charge is 0.481 e. The summed E-state index contributed by atoms with van der Waals surface area (Å²) in [5.41, 5.74) is 0.564. The lowest BCUT2D eigenvalue weighted by molar-refractivity contribution is -0.138. The summed E-state index contributed by atoms with van der Waals surface area (Å²) in [5.74, 6) is -2.41. The molecule has 2 aromatic carbocycles. The molecule has 4 nitrogen and oxygen atoms in total. The predicted molar refractivity (Wildman–Crippen MR) is 87.1 cm³/mol. The number of hydrogen-bond acceptors (Lipinski definition) is 2. The maximum Gasteiger partial charge on any atom is 0.312 e. The molecule has 1 aliphatic carbocycles. The van der Waals surface area contributed by atoms with Crippen LogP contribution in [0.3, 0.4) is 0 Å². The molecule has 0 aromatic heterocycles. The molecule has 0 radical (unpaired) electrons. The Kier molecular flexibility index (Phi) is 4.34. The number of carboxylic acid groups (broad SMARTS) is 1. The molecule has 0 saturated heterocycles. The summed E-state index contributed by atoms with van der Waals surface area (Å²) < 4.78 is 13.4. The molecule has 1 saturated carbocycles. The molecule has 0 heterocycles. The molecule has 124 valence electrons. The molecule has 1 amide bonds. The standard InChI is InChI=1S/C19H18FNO3/c20-15-8-4-7-14(11-15)19(9-10-19)18(24)21-12-16(17(22)23)13-5-2-1-3-6-13/h1-8,11,16H,9-10,12H2,(H,21,24)(H,22,23)/t16-/m1/s1. The van der Waals surface area contributed by atoms with Gasteiger partial charge in [-0.05, 0) is 36.1 Å². The van der Waals surface area contributed by atoms with Gasteiger partial charge in [0.25, 0.3) is 0 Å². The third-order valence-electron chi connectivity index (χ3n) is 4.53. The van der Waals surface area contributed by atoms with Crippen molar-refractivity contribution < 1.29 is 19.1 Å². The molecular weight excluding hydrogens is 309 g/mol. The minimum Gasteiger partial charge on any atom is -0.481 e. The lowest BCUT2D eigenvalue weighted by Gasteiger charge is -2.19. The molecule has 1 aliphatic rings. The Hall–Kier alpha value is -2.69. The SMILES string of the molecule is O=C(O)[C@H](CNC(=O)C1(c2cccc(F)c2)CC1)c1ccccc1. The van der Waals surface area contributed by atoms with Crippen LogP contribution in [-0.2, 0) is 15.0 Å². The monoisotopic (exact) mass is 327 g/mol. The minimum absolute atomic E-state index is 0.00917. The molecule has 5 heteroatoms. The first-order valence-corrected chi connectivity index (χ1v) is 7.85. The van der Waals surface area contributed by atoms with Gasteiger partial charge in [0.15, 0.2) is 0 Å². The average molecular weight is 327 g/mol. The first kappa shape index (κ1) is 16.2. The Labute approximate surface area is 139 Å². The van der Waals surface area contributed by atoms with Crippen LogP contribution in [-0.4, -0.2) is 23.5 Å². The van der Waals surface area contributed by atoms with E-state index >= 15 is 0 Å². The molecule has 0 unspecified atom stereocenters. The van der Waals surface area contributed by atoms with Gasteiger partial charge in [0.05, 0.1) is 11.3 Å². The summed E-state index contributed by atoms with van der Waals surface area (Å²) in [7, 11) is 0. The zero-order chi connectivity index (χ0) is 17.2. The fraction of sp³-hybridized carbons (Fsp3) is 0.263. The summed E-state index contributed by atoms with van der Waals surface area (Å²) >= 11 is 0. The van der Waals surface area contributed by atoms with E-state index in [1.54, 1.807) is 36.4 Å². The van der Waals surface area contributed by atoms with E-state index in [1.807, 2.05) is 6.07 Å². The summed E-state index contributed by atoms with van der Waals surface area (Å²) in [6.45, 7) is 0.00917. The van der Waals surface area contributed by atoms with E-state index in [9.17, 15) is 19.1 Å². The van der Waals surface area contributed by atoms with Crippen molar-refractivity contribution >= 4 is 11.9 Å². The number of amides is 1. The maximum atomic E-state index is 13.4. The normalized spacial score (nSPS) is 16.2. The van der Waals surface area contributed by atoms with Crippen LogP contribution < -0.4 is 5.32 Å². The van der Waals surface area contributed by atoms with Crippen molar-refractivity contribution in [1.29, 1.82) is 0 Å². The number of carbonyl (C=O) groups is 2. The van der Waals surface area contributed by atoms with Crippen molar-refractivity contribution in [2.24, 2.45) is 0 Å². The molecule has 1 fully saturated rings. The van der Waals surface area contributed by atoms with Gasteiger partial charge in [-0.3, -0.25) is 9.59 Å². The van der Waals surface area contributed by atoms with Gasteiger partial charge < -0.3 is 10.4 Å². The number of benzene rings is 2. The highest BCUT2D eigenvalue weighted by atomic mass is 19.1. The molecule has 0 spiro atoms. The van der Waals surface area contributed by atoms with Crippen LogP contribution in [0.15, 0.2) is 54.6 Å². The highest BCUT2D eigenvalue weighted by Gasteiger charge is 2.51. The van der Waals surface area contributed by atoms with E-state index in [2.05, 4.69) is 5.32 Å². The van der Waals surface area contributed by atoms with Crippen molar-refractivity contribution in [3.05, 3.63) is 71.5 Å². The molecule has 0 bridgehead atoms. The Morgan fingerprint density at radius 3 is 2.42 bits per heavy atom. The number of aliphatic carboxylic acids is 1. The average Bonchev–Trinajstić information content (AvgIpc) is 3.37. The summed E-state index contributed by atoms with van der Waals surface area (Å²) in [6, 6.07) is 14.8. The van der Waals surface area contributed by atoms with Crippen molar-refractivity contribution in [2.45, 2.75) is 24.2 Å². The second-order valence-electron chi connectivity index (χ2n) is 6.10. The number of rotatable bonds is 6. The molecule has 1 atom stereocenters. The number of halogens is 1.